The number of ether oxygens (including phenoxy) is 3. The first kappa shape index (κ1) is 20.0. The maximum Gasteiger partial charge on any atom is 0.195 e. The number of aromatic nitrogens is 3. The average molecular weight is 401 g/mol. The molecule has 0 aliphatic carbocycles. The van der Waals surface area contributed by atoms with Crippen molar-refractivity contribution in [2.75, 3.05) is 26.1 Å². The van der Waals surface area contributed by atoms with Crippen LogP contribution in [0.3, 0.4) is 0 Å². The predicted octanol–water partition coefficient (Wildman–Crippen LogP) is 3.21. The van der Waals surface area contributed by atoms with Gasteiger partial charge in [-0.25, -0.2) is 0 Å². The van der Waals surface area contributed by atoms with Gasteiger partial charge in [-0.15, -0.1) is 10.2 Å². The van der Waals surface area contributed by atoms with Crippen molar-refractivity contribution in [3.05, 3.63) is 54.9 Å². The van der Waals surface area contributed by atoms with Crippen molar-refractivity contribution in [1.29, 1.82) is 0 Å². The van der Waals surface area contributed by atoms with Gasteiger partial charge in [-0.2, -0.15) is 0 Å². The fourth-order valence-electron chi connectivity index (χ4n) is 2.53. The summed E-state index contributed by atoms with van der Waals surface area (Å²) in [6.45, 7) is 2.74. The zero-order valence-corrected chi connectivity index (χ0v) is 16.6. The number of para-hydroxylation sites is 2. The Bertz CT molecular complexity index is 870. The summed E-state index contributed by atoms with van der Waals surface area (Å²) in [6, 6.07) is 15.0. The van der Waals surface area contributed by atoms with Crippen LogP contribution in [0.25, 0.3) is 5.69 Å². The fraction of sp³-hybridized carbons (Fsp3) is 0.300. The third-order valence-electron chi connectivity index (χ3n) is 3.84. The number of hydrogen-bond donors (Lipinski definition) is 1. The minimum Gasteiger partial charge on any atom is -0.495 e. The van der Waals surface area contributed by atoms with E-state index in [-0.39, 0.29) is 6.61 Å². The molecule has 0 aliphatic heterocycles. The molecule has 28 heavy (non-hydrogen) atoms. The van der Waals surface area contributed by atoms with Crippen molar-refractivity contribution < 1.29 is 19.3 Å². The summed E-state index contributed by atoms with van der Waals surface area (Å²) in [6.07, 6.45) is 0.975. The largest absolute Gasteiger partial charge is 0.495 e. The van der Waals surface area contributed by atoms with Crippen molar-refractivity contribution in [2.24, 2.45) is 0 Å². The molecular formula is C20H23N3O4S. The van der Waals surface area contributed by atoms with E-state index >= 15 is 0 Å². The lowest BCUT2D eigenvalue weighted by Gasteiger charge is -2.13. The predicted molar refractivity (Wildman–Crippen MR) is 108 cm³/mol. The highest BCUT2D eigenvalue weighted by Gasteiger charge is 2.14. The van der Waals surface area contributed by atoms with Crippen molar-refractivity contribution in [2.45, 2.75) is 18.2 Å². The molecule has 7 nitrogen and oxygen atoms in total. The van der Waals surface area contributed by atoms with Gasteiger partial charge in [0.05, 0.1) is 25.5 Å². The monoisotopic (exact) mass is 401 g/mol. The highest BCUT2D eigenvalue weighted by molar-refractivity contribution is 7.99. The van der Waals surface area contributed by atoms with E-state index in [0.29, 0.717) is 23.3 Å². The Morgan fingerprint density at radius 1 is 1.07 bits per heavy atom. The summed E-state index contributed by atoms with van der Waals surface area (Å²) >= 11 is 1.40. The zero-order valence-electron chi connectivity index (χ0n) is 15.8. The summed E-state index contributed by atoms with van der Waals surface area (Å²) in [4.78, 5) is 0. The van der Waals surface area contributed by atoms with Crippen LogP contribution < -0.4 is 14.2 Å². The SMILES string of the molecule is CCOc1ccc(OCC(O)CSc2nncn2-c2ccccc2OC)cc1. The number of aliphatic hydroxyl groups excluding tert-OH is 1. The summed E-state index contributed by atoms with van der Waals surface area (Å²) < 4.78 is 18.3. The molecule has 0 spiro atoms. The summed E-state index contributed by atoms with van der Waals surface area (Å²) in [7, 11) is 1.62. The summed E-state index contributed by atoms with van der Waals surface area (Å²) in [5.41, 5.74) is 0.845. The van der Waals surface area contributed by atoms with Crippen LogP contribution >= 0.6 is 11.8 Å². The van der Waals surface area contributed by atoms with Crippen LogP contribution in [-0.4, -0.2) is 52.1 Å². The molecule has 1 atom stereocenters. The van der Waals surface area contributed by atoms with Gasteiger partial charge in [-0.1, -0.05) is 23.9 Å². The molecule has 148 valence electrons. The van der Waals surface area contributed by atoms with E-state index in [9.17, 15) is 5.11 Å². The molecule has 0 aliphatic rings. The third kappa shape index (κ3) is 5.17. The average Bonchev–Trinajstić information content (AvgIpc) is 3.20. The van der Waals surface area contributed by atoms with Gasteiger partial charge in [0.15, 0.2) is 5.16 Å². The number of rotatable bonds is 10. The smallest absolute Gasteiger partial charge is 0.195 e. The van der Waals surface area contributed by atoms with E-state index in [1.165, 1.54) is 11.8 Å². The Hall–Kier alpha value is -2.71. The van der Waals surface area contributed by atoms with E-state index < -0.39 is 6.10 Å². The Balaban J connectivity index is 1.54. The van der Waals surface area contributed by atoms with Crippen LogP contribution in [0.1, 0.15) is 6.92 Å². The normalized spacial score (nSPS) is 11.8. The number of thioether (sulfide) groups is 1. The first-order chi connectivity index (χ1) is 13.7. The van der Waals surface area contributed by atoms with E-state index in [4.69, 9.17) is 14.2 Å². The molecule has 0 amide bonds. The van der Waals surface area contributed by atoms with E-state index in [0.717, 1.165) is 17.2 Å². The van der Waals surface area contributed by atoms with Crippen LogP contribution in [0.2, 0.25) is 0 Å². The quantitative estimate of drug-likeness (QED) is 0.523. The number of methoxy groups -OCH3 is 1. The second kappa shape index (κ2) is 10.0. The molecule has 0 saturated carbocycles. The van der Waals surface area contributed by atoms with Gasteiger partial charge in [0.1, 0.15) is 30.2 Å². The third-order valence-corrected chi connectivity index (χ3v) is 4.93. The highest BCUT2D eigenvalue weighted by Crippen LogP contribution is 2.27. The molecule has 1 N–H and O–H groups in total. The van der Waals surface area contributed by atoms with Crippen LogP contribution in [-0.2, 0) is 0 Å². The second-order valence-electron chi connectivity index (χ2n) is 5.84. The Morgan fingerprint density at radius 2 is 1.79 bits per heavy atom. The second-order valence-corrected chi connectivity index (χ2v) is 6.82. The number of hydrogen-bond acceptors (Lipinski definition) is 7. The molecule has 0 bridgehead atoms. The fourth-order valence-corrected chi connectivity index (χ4v) is 3.35. The van der Waals surface area contributed by atoms with E-state index in [1.54, 1.807) is 13.4 Å². The van der Waals surface area contributed by atoms with Crippen LogP contribution in [0.4, 0.5) is 0 Å². The van der Waals surface area contributed by atoms with Crippen molar-refractivity contribution >= 4 is 11.8 Å². The standard InChI is InChI=1S/C20H23N3O4S/c1-3-26-16-8-10-17(11-9-16)27-12-15(24)13-28-20-22-21-14-23(20)18-6-4-5-7-19(18)25-2/h4-11,14-15,24H,3,12-13H2,1-2H3. The minimum atomic E-state index is -0.653. The van der Waals surface area contributed by atoms with E-state index in [2.05, 4.69) is 10.2 Å². The molecular weight excluding hydrogens is 378 g/mol. The van der Waals surface area contributed by atoms with Crippen molar-refractivity contribution in [3.8, 4) is 22.9 Å². The lowest BCUT2D eigenvalue weighted by Crippen LogP contribution is -2.20. The van der Waals surface area contributed by atoms with Gasteiger partial charge < -0.3 is 19.3 Å². The molecule has 2 aromatic carbocycles. The Labute approximate surface area is 168 Å². The van der Waals surface area contributed by atoms with Gasteiger partial charge in [0.25, 0.3) is 0 Å². The lowest BCUT2D eigenvalue weighted by atomic mass is 10.3. The molecule has 3 rings (SSSR count). The summed E-state index contributed by atoms with van der Waals surface area (Å²) in [5, 5.41) is 19.0. The Kier molecular flexibility index (Phi) is 7.16. The number of benzene rings is 2. The van der Waals surface area contributed by atoms with Crippen LogP contribution in [0.15, 0.2) is 60.0 Å². The highest BCUT2D eigenvalue weighted by atomic mass is 32.2. The first-order valence-corrected chi connectivity index (χ1v) is 9.89. The van der Waals surface area contributed by atoms with Gasteiger partial charge >= 0.3 is 0 Å². The number of nitrogens with zero attached hydrogens (tertiary/aromatic N) is 3. The maximum absolute atomic E-state index is 10.3. The zero-order chi connectivity index (χ0) is 19.8. The molecule has 1 heterocycles. The molecule has 0 radical (unpaired) electrons. The van der Waals surface area contributed by atoms with Crippen molar-refractivity contribution in [1.82, 2.24) is 14.8 Å². The number of aliphatic hydroxyl groups is 1. The molecule has 8 heteroatoms. The molecule has 3 aromatic rings. The summed E-state index contributed by atoms with van der Waals surface area (Å²) in [5.74, 6) is 2.63. The molecule has 0 fully saturated rings. The van der Waals surface area contributed by atoms with E-state index in [1.807, 2.05) is 60.0 Å². The van der Waals surface area contributed by atoms with Crippen LogP contribution in [0.5, 0.6) is 17.2 Å². The first-order valence-electron chi connectivity index (χ1n) is 8.91. The van der Waals surface area contributed by atoms with Gasteiger partial charge in [0.2, 0.25) is 0 Å². The topological polar surface area (TPSA) is 78.6 Å². The van der Waals surface area contributed by atoms with Gasteiger partial charge in [-0.3, -0.25) is 4.57 Å². The maximum atomic E-state index is 10.3. The van der Waals surface area contributed by atoms with Crippen LogP contribution in [0, 0.1) is 0 Å². The lowest BCUT2D eigenvalue weighted by molar-refractivity contribution is 0.126. The molecule has 1 unspecified atom stereocenters. The van der Waals surface area contributed by atoms with Crippen molar-refractivity contribution in [3.63, 3.8) is 0 Å². The van der Waals surface area contributed by atoms with Gasteiger partial charge in [-0.05, 0) is 43.3 Å². The van der Waals surface area contributed by atoms with Gasteiger partial charge in [0, 0.05) is 5.75 Å². The Morgan fingerprint density at radius 3 is 2.50 bits per heavy atom. The minimum absolute atomic E-state index is 0.184. The molecule has 1 aromatic heterocycles. The molecule has 0 saturated heterocycles.